The number of aliphatic carboxylic acids is 1. The van der Waals surface area contributed by atoms with Gasteiger partial charge in [0.05, 0.1) is 18.0 Å². The average molecular weight is 405 g/mol. The molecule has 9 heteroatoms. The van der Waals surface area contributed by atoms with Gasteiger partial charge < -0.3 is 19.5 Å². The summed E-state index contributed by atoms with van der Waals surface area (Å²) in [6.07, 6.45) is 1.92. The minimum absolute atomic E-state index is 0.0788. The molecule has 2 aromatic carbocycles. The number of ketones is 1. The molecular weight excluding hydrogens is 391 g/mol. The topological polar surface area (TPSA) is 88.8 Å². The number of hydrogen-bond donors (Lipinski definition) is 2. The number of aromatic nitrogens is 1. The first kappa shape index (κ1) is 20.0. The van der Waals surface area contributed by atoms with Crippen molar-refractivity contribution in [2.24, 2.45) is 0 Å². The molecule has 0 unspecified atom stereocenters. The highest BCUT2D eigenvalue weighted by molar-refractivity contribution is 6.38. The van der Waals surface area contributed by atoms with Crippen LogP contribution in [0, 0.1) is 17.5 Å². The normalized spacial score (nSPS) is 11.7. The monoisotopic (exact) mass is 405 g/mol. The quantitative estimate of drug-likeness (QED) is 0.283. The van der Waals surface area contributed by atoms with E-state index in [2.05, 4.69) is 0 Å². The first-order chi connectivity index (χ1) is 13.7. The third kappa shape index (κ3) is 3.79. The number of hydrogen-bond acceptors (Lipinski definition) is 4. The number of aliphatic hydroxyl groups is 1. The van der Waals surface area contributed by atoms with E-state index in [9.17, 15) is 27.9 Å². The van der Waals surface area contributed by atoms with Crippen LogP contribution in [-0.4, -0.2) is 33.6 Å². The lowest BCUT2D eigenvalue weighted by molar-refractivity contribution is -0.146. The van der Waals surface area contributed by atoms with E-state index in [0.29, 0.717) is 22.7 Å². The second-order valence-corrected chi connectivity index (χ2v) is 6.10. The molecule has 150 valence electrons. The number of carbonyl (C=O) groups is 2. The Bertz CT molecular complexity index is 1140. The number of carbonyl (C=O) groups excluding carboxylic acids is 1. The van der Waals surface area contributed by atoms with Gasteiger partial charge in [-0.1, -0.05) is 6.07 Å². The minimum Gasteiger partial charge on any atom is -0.507 e. The van der Waals surface area contributed by atoms with E-state index in [1.165, 1.54) is 17.9 Å². The first-order valence-electron chi connectivity index (χ1n) is 8.20. The Kier molecular flexibility index (Phi) is 5.31. The number of ether oxygens (including phenoxy) is 1. The van der Waals surface area contributed by atoms with Crippen molar-refractivity contribution < 1.29 is 37.7 Å². The summed E-state index contributed by atoms with van der Waals surface area (Å²) in [7, 11) is 1.38. The summed E-state index contributed by atoms with van der Waals surface area (Å²) in [6, 6.07) is 6.53. The maximum absolute atomic E-state index is 13.5. The molecule has 0 aliphatic carbocycles. The summed E-state index contributed by atoms with van der Waals surface area (Å²) in [5, 5.41) is 19.4. The molecular formula is C20H14F3NO5. The molecule has 3 rings (SSSR count). The maximum Gasteiger partial charge on any atom is 0.376 e. The zero-order valence-electron chi connectivity index (χ0n) is 14.9. The SMILES string of the molecule is COc1cccc2c1c(/C(O)=C\C(=O)C(=O)O)cn2Cc1cc(F)c(F)c(F)c1. The van der Waals surface area contributed by atoms with Gasteiger partial charge in [0.1, 0.15) is 11.5 Å². The molecule has 0 saturated heterocycles. The van der Waals surface area contributed by atoms with Gasteiger partial charge in [-0.15, -0.1) is 0 Å². The Morgan fingerprint density at radius 1 is 1.14 bits per heavy atom. The van der Waals surface area contributed by atoms with E-state index < -0.39 is 35.0 Å². The number of methoxy groups -OCH3 is 1. The van der Waals surface area contributed by atoms with Gasteiger partial charge >= 0.3 is 5.97 Å². The van der Waals surface area contributed by atoms with Crippen LogP contribution in [0.1, 0.15) is 11.1 Å². The smallest absolute Gasteiger partial charge is 0.376 e. The molecule has 1 aromatic heterocycles. The Balaban J connectivity index is 2.17. The number of nitrogens with zero attached hydrogens (tertiary/aromatic N) is 1. The molecule has 6 nitrogen and oxygen atoms in total. The number of benzene rings is 2. The first-order valence-corrected chi connectivity index (χ1v) is 8.20. The summed E-state index contributed by atoms with van der Waals surface area (Å²) < 4.78 is 47.0. The van der Waals surface area contributed by atoms with Gasteiger partial charge in [-0.25, -0.2) is 18.0 Å². The highest BCUT2D eigenvalue weighted by Gasteiger charge is 2.19. The van der Waals surface area contributed by atoms with Crippen LogP contribution in [-0.2, 0) is 16.1 Å². The fourth-order valence-electron chi connectivity index (χ4n) is 2.97. The molecule has 0 spiro atoms. The van der Waals surface area contributed by atoms with Crippen molar-refractivity contribution in [2.75, 3.05) is 7.11 Å². The molecule has 0 radical (unpaired) electrons. The van der Waals surface area contributed by atoms with Crippen molar-refractivity contribution in [3.05, 3.63) is 71.2 Å². The van der Waals surface area contributed by atoms with Crippen molar-refractivity contribution in [1.29, 1.82) is 0 Å². The molecule has 1 heterocycles. The van der Waals surface area contributed by atoms with Crippen LogP contribution in [0.25, 0.3) is 16.7 Å². The predicted octanol–water partition coefficient (Wildman–Crippen LogP) is 3.67. The van der Waals surface area contributed by atoms with Crippen LogP contribution >= 0.6 is 0 Å². The summed E-state index contributed by atoms with van der Waals surface area (Å²) >= 11 is 0. The van der Waals surface area contributed by atoms with Crippen molar-refractivity contribution in [3.8, 4) is 5.75 Å². The molecule has 0 amide bonds. The van der Waals surface area contributed by atoms with E-state index in [-0.39, 0.29) is 17.7 Å². The Hall–Kier alpha value is -3.75. The Labute approximate surface area is 162 Å². The number of fused-ring (bicyclic) bond motifs is 1. The molecule has 0 fully saturated rings. The van der Waals surface area contributed by atoms with Gasteiger partial charge in [0.15, 0.2) is 17.5 Å². The van der Waals surface area contributed by atoms with Crippen LogP contribution in [0.15, 0.2) is 42.6 Å². The zero-order valence-corrected chi connectivity index (χ0v) is 14.9. The van der Waals surface area contributed by atoms with E-state index in [1.54, 1.807) is 18.2 Å². The van der Waals surface area contributed by atoms with E-state index in [1.807, 2.05) is 0 Å². The lowest BCUT2D eigenvalue weighted by atomic mass is 10.1. The Morgan fingerprint density at radius 3 is 2.38 bits per heavy atom. The summed E-state index contributed by atoms with van der Waals surface area (Å²) in [6.45, 7) is -0.0993. The fourth-order valence-corrected chi connectivity index (χ4v) is 2.97. The number of rotatable bonds is 6. The summed E-state index contributed by atoms with van der Waals surface area (Å²) in [5.41, 5.74) is 0.653. The molecule has 0 bridgehead atoms. The van der Waals surface area contributed by atoms with E-state index >= 15 is 0 Å². The number of carboxylic acids is 1. The van der Waals surface area contributed by atoms with Gasteiger partial charge in [-0.05, 0) is 29.8 Å². The standard InChI is InChI=1S/C20H14F3NO5/c1-29-17-4-2-3-14-18(17)11(15(25)7-16(26)20(27)28)9-24(14)8-10-5-12(21)19(23)13(22)6-10/h2-7,9,25H,8H2,1H3,(H,27,28)/b15-7+. The van der Waals surface area contributed by atoms with Crippen molar-refractivity contribution in [3.63, 3.8) is 0 Å². The second-order valence-electron chi connectivity index (χ2n) is 6.10. The predicted molar refractivity (Wildman–Crippen MR) is 97.2 cm³/mol. The molecule has 0 aliphatic rings. The molecule has 29 heavy (non-hydrogen) atoms. The number of halogens is 3. The maximum atomic E-state index is 13.5. The average Bonchev–Trinajstić information content (AvgIpc) is 3.04. The fraction of sp³-hybridized carbons (Fsp3) is 0.100. The lowest BCUT2D eigenvalue weighted by Crippen LogP contribution is -2.09. The largest absolute Gasteiger partial charge is 0.507 e. The van der Waals surface area contributed by atoms with Crippen LogP contribution in [0.4, 0.5) is 13.2 Å². The highest BCUT2D eigenvalue weighted by atomic mass is 19.2. The number of aliphatic hydroxyl groups excluding tert-OH is 1. The molecule has 3 aromatic rings. The van der Waals surface area contributed by atoms with Gasteiger partial charge in [-0.3, -0.25) is 4.79 Å². The van der Waals surface area contributed by atoms with Crippen LogP contribution in [0.2, 0.25) is 0 Å². The third-order valence-corrected chi connectivity index (χ3v) is 4.24. The van der Waals surface area contributed by atoms with Crippen molar-refractivity contribution in [2.45, 2.75) is 6.54 Å². The van der Waals surface area contributed by atoms with Gasteiger partial charge in [0.2, 0.25) is 0 Å². The van der Waals surface area contributed by atoms with Crippen LogP contribution in [0.3, 0.4) is 0 Å². The van der Waals surface area contributed by atoms with Crippen molar-refractivity contribution >= 4 is 28.4 Å². The molecule has 2 N–H and O–H groups in total. The van der Waals surface area contributed by atoms with Crippen molar-refractivity contribution in [1.82, 2.24) is 4.57 Å². The molecule has 0 atom stereocenters. The van der Waals surface area contributed by atoms with Crippen LogP contribution < -0.4 is 4.74 Å². The zero-order chi connectivity index (χ0) is 21.3. The van der Waals surface area contributed by atoms with E-state index in [4.69, 9.17) is 9.84 Å². The van der Waals surface area contributed by atoms with Gasteiger partial charge in [-0.2, -0.15) is 0 Å². The summed E-state index contributed by atoms with van der Waals surface area (Å²) in [4.78, 5) is 22.2. The lowest BCUT2D eigenvalue weighted by Gasteiger charge is -2.08. The molecule has 0 saturated carbocycles. The van der Waals surface area contributed by atoms with E-state index in [0.717, 1.165) is 12.1 Å². The van der Waals surface area contributed by atoms with Gasteiger partial charge in [0.25, 0.3) is 5.78 Å². The van der Waals surface area contributed by atoms with Gasteiger partial charge in [0, 0.05) is 24.4 Å². The second kappa shape index (κ2) is 7.70. The van der Waals surface area contributed by atoms with Crippen LogP contribution in [0.5, 0.6) is 5.75 Å². The molecule has 0 aliphatic heterocycles. The number of carboxylic acid groups (broad SMARTS) is 1. The third-order valence-electron chi connectivity index (χ3n) is 4.24. The Morgan fingerprint density at radius 2 is 1.79 bits per heavy atom. The minimum atomic E-state index is -1.75. The highest BCUT2D eigenvalue weighted by Crippen LogP contribution is 2.34. The summed E-state index contributed by atoms with van der Waals surface area (Å²) in [5.74, 6) is -7.66.